The highest BCUT2D eigenvalue weighted by Gasteiger charge is 2.27. The standard InChI is InChI=1S/C19H21N3O6S2/c1-2-22(19(25)28-18(24)15-9-12-29-13-15)20-17(23)14-5-7-16(8-6-14)30(26,27)21-10-3-4-11-21/h5-9,12-13H,2-4,10-11H2,1H3,(H,20,23). The van der Waals surface area contributed by atoms with Crippen molar-refractivity contribution in [3.63, 3.8) is 0 Å². The van der Waals surface area contributed by atoms with Crippen LogP contribution in [0.4, 0.5) is 4.79 Å². The molecule has 3 rings (SSSR count). The first-order valence-electron chi connectivity index (χ1n) is 9.30. The Balaban J connectivity index is 1.63. The van der Waals surface area contributed by atoms with Crippen LogP contribution in [-0.2, 0) is 14.8 Å². The molecule has 9 nitrogen and oxygen atoms in total. The van der Waals surface area contributed by atoms with Crippen LogP contribution < -0.4 is 5.43 Å². The summed E-state index contributed by atoms with van der Waals surface area (Å²) >= 11 is 1.29. The molecule has 1 saturated heterocycles. The van der Waals surface area contributed by atoms with Crippen molar-refractivity contribution in [3.05, 3.63) is 52.2 Å². The quantitative estimate of drug-likeness (QED) is 0.425. The van der Waals surface area contributed by atoms with Gasteiger partial charge in [-0.2, -0.15) is 15.6 Å². The lowest BCUT2D eigenvalue weighted by atomic mass is 10.2. The van der Waals surface area contributed by atoms with E-state index in [2.05, 4.69) is 5.43 Å². The van der Waals surface area contributed by atoms with Crippen molar-refractivity contribution in [3.8, 4) is 0 Å². The van der Waals surface area contributed by atoms with Crippen LogP contribution in [0.15, 0.2) is 46.0 Å². The van der Waals surface area contributed by atoms with E-state index in [4.69, 9.17) is 4.74 Å². The van der Waals surface area contributed by atoms with E-state index in [-0.39, 0.29) is 22.6 Å². The first-order chi connectivity index (χ1) is 14.3. The first kappa shape index (κ1) is 21.9. The number of carbonyl (C=O) groups is 3. The maximum atomic E-state index is 12.6. The summed E-state index contributed by atoms with van der Waals surface area (Å²) in [5.41, 5.74) is 2.76. The second kappa shape index (κ2) is 9.37. The lowest BCUT2D eigenvalue weighted by Crippen LogP contribution is -2.46. The minimum absolute atomic E-state index is 0.0584. The second-order valence-corrected chi connectivity index (χ2v) is 9.21. The molecule has 2 amide bonds. The predicted octanol–water partition coefficient (Wildman–Crippen LogP) is 2.48. The molecule has 0 atom stereocenters. The van der Waals surface area contributed by atoms with E-state index in [9.17, 15) is 22.8 Å². The molecule has 2 heterocycles. The van der Waals surface area contributed by atoms with Crippen LogP contribution >= 0.6 is 11.3 Å². The fourth-order valence-corrected chi connectivity index (χ4v) is 5.01. The molecule has 1 aromatic heterocycles. The van der Waals surface area contributed by atoms with Crippen molar-refractivity contribution in [2.45, 2.75) is 24.7 Å². The van der Waals surface area contributed by atoms with Gasteiger partial charge in [-0.15, -0.1) is 0 Å². The third-order valence-electron chi connectivity index (χ3n) is 4.53. The highest BCUT2D eigenvalue weighted by molar-refractivity contribution is 7.89. The van der Waals surface area contributed by atoms with Gasteiger partial charge in [-0.05, 0) is 55.5 Å². The van der Waals surface area contributed by atoms with Crippen molar-refractivity contribution in [2.75, 3.05) is 19.6 Å². The lowest BCUT2D eigenvalue weighted by molar-refractivity contribution is 0.0471. The molecule has 2 aromatic rings. The van der Waals surface area contributed by atoms with E-state index >= 15 is 0 Å². The highest BCUT2D eigenvalue weighted by Crippen LogP contribution is 2.21. The Morgan fingerprint density at radius 3 is 2.33 bits per heavy atom. The SMILES string of the molecule is CCN(NC(=O)c1ccc(S(=O)(=O)N2CCCC2)cc1)C(=O)OC(=O)c1ccsc1. The number of hydrazine groups is 1. The predicted molar refractivity (Wildman–Crippen MR) is 109 cm³/mol. The number of thiophene rings is 1. The smallest absolute Gasteiger partial charge is 0.371 e. The van der Waals surface area contributed by atoms with E-state index in [0.29, 0.717) is 13.1 Å². The number of ether oxygens (including phenoxy) is 1. The molecule has 0 aliphatic carbocycles. The van der Waals surface area contributed by atoms with Gasteiger partial charge in [-0.3, -0.25) is 10.2 Å². The molecule has 1 fully saturated rings. The summed E-state index contributed by atoms with van der Waals surface area (Å²) in [6, 6.07) is 6.98. The van der Waals surface area contributed by atoms with Gasteiger partial charge in [0.15, 0.2) is 0 Å². The molecule has 1 N–H and O–H groups in total. The number of nitrogens with zero attached hydrogens (tertiary/aromatic N) is 2. The number of rotatable bonds is 5. The summed E-state index contributed by atoms with van der Waals surface area (Å²) < 4.78 is 31.3. The van der Waals surface area contributed by atoms with E-state index in [1.54, 1.807) is 17.7 Å². The zero-order valence-corrected chi connectivity index (χ0v) is 17.9. The maximum Gasteiger partial charge on any atom is 0.436 e. The molecule has 11 heteroatoms. The summed E-state index contributed by atoms with van der Waals surface area (Å²) in [6.45, 7) is 2.63. The Morgan fingerprint density at radius 2 is 1.77 bits per heavy atom. The van der Waals surface area contributed by atoms with Gasteiger partial charge in [0.1, 0.15) is 0 Å². The number of carbonyl (C=O) groups excluding carboxylic acids is 3. The van der Waals surface area contributed by atoms with E-state index in [0.717, 1.165) is 17.9 Å². The fraction of sp³-hybridized carbons (Fsp3) is 0.316. The zero-order chi connectivity index (χ0) is 21.7. The number of hydrogen-bond acceptors (Lipinski definition) is 7. The molecule has 0 saturated carbocycles. The van der Waals surface area contributed by atoms with Crippen molar-refractivity contribution < 1.29 is 27.5 Å². The van der Waals surface area contributed by atoms with E-state index < -0.39 is 28.0 Å². The molecule has 1 aliphatic rings. The topological polar surface area (TPSA) is 113 Å². The minimum Gasteiger partial charge on any atom is -0.371 e. The average molecular weight is 452 g/mol. The van der Waals surface area contributed by atoms with Gasteiger partial charge in [-0.1, -0.05) is 0 Å². The van der Waals surface area contributed by atoms with Crippen molar-refractivity contribution in [1.82, 2.24) is 14.7 Å². The van der Waals surface area contributed by atoms with Gasteiger partial charge >= 0.3 is 12.1 Å². The Morgan fingerprint density at radius 1 is 1.10 bits per heavy atom. The number of sulfonamides is 1. The summed E-state index contributed by atoms with van der Waals surface area (Å²) in [5, 5.41) is 4.08. The summed E-state index contributed by atoms with van der Waals surface area (Å²) in [6.07, 6.45) is 0.644. The average Bonchev–Trinajstić information content (AvgIpc) is 3.46. The number of esters is 1. The van der Waals surface area contributed by atoms with Gasteiger partial charge in [0, 0.05) is 30.6 Å². The van der Waals surface area contributed by atoms with Crippen LogP contribution in [0.3, 0.4) is 0 Å². The first-order valence-corrected chi connectivity index (χ1v) is 11.7. The number of hydrogen-bond donors (Lipinski definition) is 1. The summed E-state index contributed by atoms with van der Waals surface area (Å²) in [5.74, 6) is -1.45. The van der Waals surface area contributed by atoms with Crippen molar-refractivity contribution >= 4 is 39.3 Å². The van der Waals surface area contributed by atoms with Crippen molar-refractivity contribution in [1.29, 1.82) is 0 Å². The van der Waals surface area contributed by atoms with Crippen LogP contribution in [0, 0.1) is 0 Å². The monoisotopic (exact) mass is 451 g/mol. The van der Waals surface area contributed by atoms with Crippen LogP contribution in [-0.4, -0.2) is 55.3 Å². The molecule has 0 unspecified atom stereocenters. The lowest BCUT2D eigenvalue weighted by Gasteiger charge is -2.20. The molecule has 160 valence electrons. The van der Waals surface area contributed by atoms with E-state index in [1.807, 2.05) is 0 Å². The van der Waals surface area contributed by atoms with Crippen LogP contribution in [0.25, 0.3) is 0 Å². The van der Waals surface area contributed by atoms with Gasteiger partial charge in [0.25, 0.3) is 5.91 Å². The van der Waals surface area contributed by atoms with Gasteiger partial charge in [0.2, 0.25) is 10.0 Å². The maximum absolute atomic E-state index is 12.6. The fourth-order valence-electron chi connectivity index (χ4n) is 2.87. The molecular formula is C19H21N3O6S2. The minimum atomic E-state index is -3.58. The van der Waals surface area contributed by atoms with Crippen LogP contribution in [0.1, 0.15) is 40.5 Å². The Bertz CT molecular complexity index is 1010. The third kappa shape index (κ3) is 4.86. The van der Waals surface area contributed by atoms with Gasteiger partial charge in [-0.25, -0.2) is 23.0 Å². The molecule has 30 heavy (non-hydrogen) atoms. The third-order valence-corrected chi connectivity index (χ3v) is 7.13. The molecule has 0 spiro atoms. The molecule has 0 radical (unpaired) electrons. The number of amides is 2. The molecule has 0 bridgehead atoms. The number of benzene rings is 1. The van der Waals surface area contributed by atoms with Gasteiger partial charge in [0.05, 0.1) is 10.5 Å². The normalized spacial score (nSPS) is 14.3. The van der Waals surface area contributed by atoms with Crippen molar-refractivity contribution in [2.24, 2.45) is 0 Å². The Labute approximate surface area is 178 Å². The molecule has 1 aliphatic heterocycles. The zero-order valence-electron chi connectivity index (χ0n) is 16.2. The summed E-state index contributed by atoms with van der Waals surface area (Å²) in [4.78, 5) is 36.6. The largest absolute Gasteiger partial charge is 0.436 e. The number of nitrogens with one attached hydrogen (secondary N) is 1. The van der Waals surface area contributed by atoms with E-state index in [1.165, 1.54) is 46.0 Å². The summed E-state index contributed by atoms with van der Waals surface area (Å²) in [7, 11) is -3.58. The second-order valence-electron chi connectivity index (χ2n) is 6.49. The highest BCUT2D eigenvalue weighted by atomic mass is 32.2. The van der Waals surface area contributed by atoms with Crippen LogP contribution in [0.5, 0.6) is 0 Å². The van der Waals surface area contributed by atoms with Crippen LogP contribution in [0.2, 0.25) is 0 Å². The Hall–Kier alpha value is -2.76. The Kier molecular flexibility index (Phi) is 6.85. The molecular weight excluding hydrogens is 430 g/mol. The van der Waals surface area contributed by atoms with Gasteiger partial charge < -0.3 is 4.74 Å². The molecule has 1 aromatic carbocycles.